The lowest BCUT2D eigenvalue weighted by Crippen LogP contribution is -2.08. The number of anilines is 1. The minimum Gasteiger partial charge on any atom is -0.354 e. The summed E-state index contributed by atoms with van der Waals surface area (Å²) in [6, 6.07) is 0. The number of H-pyrrole nitrogens is 1. The third kappa shape index (κ3) is 3.11. The highest BCUT2D eigenvalue weighted by Crippen LogP contribution is 2.02. The van der Waals surface area contributed by atoms with Crippen molar-refractivity contribution >= 4 is 28.5 Å². The van der Waals surface area contributed by atoms with Gasteiger partial charge in [-0.05, 0) is 22.6 Å². The van der Waals surface area contributed by atoms with E-state index in [-0.39, 0.29) is 0 Å². The first-order valence-corrected chi connectivity index (χ1v) is 5.48. The van der Waals surface area contributed by atoms with Crippen LogP contribution in [-0.2, 0) is 6.42 Å². The first-order chi connectivity index (χ1) is 7.34. The molecule has 0 saturated heterocycles. The monoisotopic (exact) mass is 316 g/mol. The Labute approximate surface area is 100 Å². The summed E-state index contributed by atoms with van der Waals surface area (Å²) < 4.78 is 1.02. The summed E-state index contributed by atoms with van der Waals surface area (Å²) in [4.78, 5) is 12.3. The number of rotatable bonds is 4. The van der Waals surface area contributed by atoms with Gasteiger partial charge in [-0.2, -0.15) is 5.10 Å². The predicted molar refractivity (Wildman–Crippen MR) is 63.3 cm³/mol. The maximum absolute atomic E-state index is 4.12. The van der Waals surface area contributed by atoms with Crippen molar-refractivity contribution in [3.8, 4) is 0 Å². The zero-order valence-electron chi connectivity index (χ0n) is 7.81. The van der Waals surface area contributed by atoms with Gasteiger partial charge in [0.05, 0.1) is 0 Å². The van der Waals surface area contributed by atoms with Crippen LogP contribution in [0.4, 0.5) is 5.95 Å². The highest BCUT2D eigenvalue weighted by molar-refractivity contribution is 14.1. The van der Waals surface area contributed by atoms with Crippen LogP contribution in [0.3, 0.4) is 0 Å². The second-order valence-electron chi connectivity index (χ2n) is 2.83. The first kappa shape index (κ1) is 10.3. The summed E-state index contributed by atoms with van der Waals surface area (Å²) in [6.07, 6.45) is 5.81. The van der Waals surface area contributed by atoms with E-state index in [9.17, 15) is 0 Å². The fourth-order valence-corrected chi connectivity index (χ4v) is 1.33. The SMILES string of the molecule is Ic1cnc(NCCc2ncn[nH]2)nc1. The standard InChI is InChI=1S/C8H9IN6/c9-6-3-11-8(12-4-6)10-2-1-7-13-5-14-15-7/h3-5H,1-2H2,(H,10,11,12)(H,13,14,15). The van der Waals surface area contributed by atoms with Gasteiger partial charge in [-0.25, -0.2) is 15.0 Å². The quantitative estimate of drug-likeness (QED) is 0.818. The zero-order chi connectivity index (χ0) is 10.5. The molecule has 2 N–H and O–H groups in total. The fourth-order valence-electron chi connectivity index (χ4n) is 1.05. The number of hydrogen-bond donors (Lipinski definition) is 2. The van der Waals surface area contributed by atoms with Gasteiger partial charge in [-0.3, -0.25) is 5.10 Å². The largest absolute Gasteiger partial charge is 0.354 e. The molecule has 0 aliphatic rings. The van der Waals surface area contributed by atoms with Crippen molar-refractivity contribution in [2.75, 3.05) is 11.9 Å². The Morgan fingerprint density at radius 1 is 1.27 bits per heavy atom. The molecule has 0 saturated carbocycles. The van der Waals surface area contributed by atoms with Gasteiger partial charge in [0, 0.05) is 28.9 Å². The van der Waals surface area contributed by atoms with E-state index < -0.39 is 0 Å². The van der Waals surface area contributed by atoms with Crippen LogP contribution in [0.25, 0.3) is 0 Å². The van der Waals surface area contributed by atoms with Crippen LogP contribution >= 0.6 is 22.6 Å². The molecule has 2 aromatic rings. The van der Waals surface area contributed by atoms with Gasteiger partial charge in [0.1, 0.15) is 12.2 Å². The maximum Gasteiger partial charge on any atom is 0.222 e. The average Bonchev–Trinajstić information content (AvgIpc) is 2.74. The topological polar surface area (TPSA) is 79.4 Å². The summed E-state index contributed by atoms with van der Waals surface area (Å²) in [7, 11) is 0. The summed E-state index contributed by atoms with van der Waals surface area (Å²) in [5.41, 5.74) is 0. The number of hydrogen-bond acceptors (Lipinski definition) is 5. The molecule has 0 amide bonds. The number of nitrogens with zero attached hydrogens (tertiary/aromatic N) is 4. The van der Waals surface area contributed by atoms with Gasteiger partial charge >= 0.3 is 0 Å². The molecule has 15 heavy (non-hydrogen) atoms. The Morgan fingerprint density at radius 2 is 2.07 bits per heavy atom. The fraction of sp³-hybridized carbons (Fsp3) is 0.250. The van der Waals surface area contributed by atoms with E-state index >= 15 is 0 Å². The molecular formula is C8H9IN6. The molecule has 2 heterocycles. The smallest absolute Gasteiger partial charge is 0.222 e. The first-order valence-electron chi connectivity index (χ1n) is 4.40. The molecule has 7 heteroatoms. The van der Waals surface area contributed by atoms with E-state index in [4.69, 9.17) is 0 Å². The normalized spacial score (nSPS) is 10.2. The second kappa shape index (κ2) is 5.01. The van der Waals surface area contributed by atoms with Crippen LogP contribution in [0, 0.1) is 3.57 Å². The highest BCUT2D eigenvalue weighted by atomic mass is 127. The molecule has 6 nitrogen and oxygen atoms in total. The lowest BCUT2D eigenvalue weighted by molar-refractivity contribution is 0.890. The van der Waals surface area contributed by atoms with E-state index in [2.05, 4.69) is 53.1 Å². The van der Waals surface area contributed by atoms with E-state index in [0.29, 0.717) is 5.95 Å². The van der Waals surface area contributed by atoms with Crippen molar-refractivity contribution in [3.05, 3.63) is 28.1 Å². The van der Waals surface area contributed by atoms with Crippen molar-refractivity contribution in [2.45, 2.75) is 6.42 Å². The number of halogens is 1. The van der Waals surface area contributed by atoms with Crippen molar-refractivity contribution in [1.29, 1.82) is 0 Å². The van der Waals surface area contributed by atoms with E-state index in [1.807, 2.05) is 0 Å². The van der Waals surface area contributed by atoms with Crippen molar-refractivity contribution in [3.63, 3.8) is 0 Å². The maximum atomic E-state index is 4.12. The number of nitrogens with one attached hydrogen (secondary N) is 2. The lowest BCUT2D eigenvalue weighted by Gasteiger charge is -2.01. The number of aromatic amines is 1. The van der Waals surface area contributed by atoms with E-state index in [1.54, 1.807) is 12.4 Å². The molecule has 0 bridgehead atoms. The minimum absolute atomic E-state index is 0.634. The van der Waals surface area contributed by atoms with Gasteiger partial charge in [-0.1, -0.05) is 0 Å². The van der Waals surface area contributed by atoms with Crippen molar-refractivity contribution in [1.82, 2.24) is 25.1 Å². The third-order valence-corrected chi connectivity index (χ3v) is 2.29. The summed E-state index contributed by atoms with van der Waals surface area (Å²) >= 11 is 2.17. The van der Waals surface area contributed by atoms with Crippen molar-refractivity contribution in [2.24, 2.45) is 0 Å². The molecule has 0 spiro atoms. The molecule has 2 rings (SSSR count). The Kier molecular flexibility index (Phi) is 3.43. The van der Waals surface area contributed by atoms with E-state index in [0.717, 1.165) is 22.4 Å². The molecule has 78 valence electrons. The van der Waals surface area contributed by atoms with Gasteiger partial charge in [0.25, 0.3) is 0 Å². The summed E-state index contributed by atoms with van der Waals surface area (Å²) in [5.74, 6) is 1.49. The van der Waals surface area contributed by atoms with Crippen LogP contribution in [-0.4, -0.2) is 31.7 Å². The van der Waals surface area contributed by atoms with Gasteiger partial charge < -0.3 is 5.32 Å². The summed E-state index contributed by atoms with van der Waals surface area (Å²) in [5, 5.41) is 9.65. The van der Waals surface area contributed by atoms with Crippen LogP contribution < -0.4 is 5.32 Å². The van der Waals surface area contributed by atoms with Crippen LogP contribution in [0.5, 0.6) is 0 Å². The lowest BCUT2D eigenvalue weighted by atomic mass is 10.4. The van der Waals surface area contributed by atoms with Gasteiger partial charge in [-0.15, -0.1) is 0 Å². The van der Waals surface area contributed by atoms with Gasteiger partial charge in [0.15, 0.2) is 0 Å². The minimum atomic E-state index is 0.634. The molecule has 0 atom stereocenters. The molecular weight excluding hydrogens is 307 g/mol. The molecule has 0 aliphatic heterocycles. The molecule has 0 aliphatic carbocycles. The summed E-state index contributed by atoms with van der Waals surface area (Å²) in [6.45, 7) is 0.732. The van der Waals surface area contributed by atoms with Crippen molar-refractivity contribution < 1.29 is 0 Å². The van der Waals surface area contributed by atoms with Crippen LogP contribution in [0.15, 0.2) is 18.7 Å². The average molecular weight is 316 g/mol. The highest BCUT2D eigenvalue weighted by Gasteiger charge is 1.97. The van der Waals surface area contributed by atoms with Crippen LogP contribution in [0.2, 0.25) is 0 Å². The molecule has 0 radical (unpaired) electrons. The number of aromatic nitrogens is 5. The Bertz CT molecular complexity index is 398. The zero-order valence-corrected chi connectivity index (χ0v) is 9.97. The molecule has 0 unspecified atom stereocenters. The van der Waals surface area contributed by atoms with Gasteiger partial charge in [0.2, 0.25) is 5.95 Å². The Morgan fingerprint density at radius 3 is 2.73 bits per heavy atom. The predicted octanol–water partition coefficient (Wildman–Crippen LogP) is 0.854. The third-order valence-electron chi connectivity index (χ3n) is 1.73. The molecule has 0 aromatic carbocycles. The Balaban J connectivity index is 1.81. The Hall–Kier alpha value is -1.25. The molecule has 0 fully saturated rings. The molecule has 2 aromatic heterocycles. The second-order valence-corrected chi connectivity index (χ2v) is 4.08. The van der Waals surface area contributed by atoms with E-state index in [1.165, 1.54) is 6.33 Å². The van der Waals surface area contributed by atoms with Crippen LogP contribution in [0.1, 0.15) is 5.82 Å².